The minimum Gasteiger partial charge on any atom is -0.496 e. The predicted octanol–water partition coefficient (Wildman–Crippen LogP) is 6.02. The van der Waals surface area contributed by atoms with Crippen LogP contribution in [0.1, 0.15) is 22.5 Å². The van der Waals surface area contributed by atoms with E-state index in [0.29, 0.717) is 57.2 Å². The van der Waals surface area contributed by atoms with Crippen LogP contribution in [0.15, 0.2) is 58.5 Å². The smallest absolute Gasteiger partial charge is 0.294 e. The molecule has 10 nitrogen and oxygen atoms in total. The van der Waals surface area contributed by atoms with Gasteiger partial charge in [-0.3, -0.25) is 4.79 Å². The van der Waals surface area contributed by atoms with Gasteiger partial charge in [0, 0.05) is 48.7 Å². The fourth-order valence-corrected chi connectivity index (χ4v) is 5.81. The normalized spacial score (nSPS) is 11.1. The SMILES string of the molecule is C#CCCN(C)C(=O)c1ccc(-c2nc(COc3cc(OC)cc4oc(-c5cn6nc(OC)sc6n5)cc34)cs2)cc1. The number of fused-ring (bicyclic) bond motifs is 2. The number of ether oxygens (including phenoxy) is 3. The summed E-state index contributed by atoms with van der Waals surface area (Å²) in [6.07, 6.45) is 7.62. The zero-order valence-electron chi connectivity index (χ0n) is 23.0. The summed E-state index contributed by atoms with van der Waals surface area (Å²) in [7, 11) is 4.92. The van der Waals surface area contributed by atoms with Crippen molar-refractivity contribution >= 4 is 44.5 Å². The van der Waals surface area contributed by atoms with Gasteiger partial charge in [0.25, 0.3) is 11.1 Å². The average Bonchev–Trinajstić information content (AvgIpc) is 3.81. The molecule has 12 heteroatoms. The molecule has 0 fully saturated rings. The van der Waals surface area contributed by atoms with E-state index in [9.17, 15) is 4.79 Å². The molecule has 6 aromatic rings. The lowest BCUT2D eigenvalue weighted by Crippen LogP contribution is -2.27. The number of benzene rings is 2. The van der Waals surface area contributed by atoms with Crippen LogP contribution in [0.3, 0.4) is 0 Å². The minimum atomic E-state index is -0.0679. The first-order chi connectivity index (χ1) is 20.4. The summed E-state index contributed by atoms with van der Waals surface area (Å²) in [5.74, 6) is 4.28. The second-order valence-corrected chi connectivity index (χ2v) is 11.0. The third-order valence-corrected chi connectivity index (χ3v) is 8.33. The molecule has 0 bridgehead atoms. The quantitative estimate of drug-likeness (QED) is 0.176. The number of amides is 1. The highest BCUT2D eigenvalue weighted by molar-refractivity contribution is 7.18. The third kappa shape index (κ3) is 5.39. The number of thiazole rings is 1. The van der Waals surface area contributed by atoms with Crippen molar-refractivity contribution in [2.24, 2.45) is 0 Å². The summed E-state index contributed by atoms with van der Waals surface area (Å²) in [5.41, 5.74) is 3.56. The maximum absolute atomic E-state index is 12.6. The number of hydrogen-bond donors (Lipinski definition) is 0. The summed E-state index contributed by atoms with van der Waals surface area (Å²) < 4.78 is 24.7. The molecule has 0 unspecified atom stereocenters. The van der Waals surface area contributed by atoms with Crippen molar-refractivity contribution in [1.82, 2.24) is 24.5 Å². The minimum absolute atomic E-state index is 0.0679. The van der Waals surface area contributed by atoms with Gasteiger partial charge in [0.15, 0.2) is 5.76 Å². The van der Waals surface area contributed by atoms with E-state index < -0.39 is 0 Å². The number of furan rings is 1. The van der Waals surface area contributed by atoms with E-state index in [2.05, 4.69) is 16.0 Å². The lowest BCUT2D eigenvalue weighted by atomic mass is 10.1. The number of methoxy groups -OCH3 is 2. The van der Waals surface area contributed by atoms with Crippen molar-refractivity contribution in [3.63, 3.8) is 0 Å². The van der Waals surface area contributed by atoms with Crippen molar-refractivity contribution < 1.29 is 23.4 Å². The molecule has 212 valence electrons. The Balaban J connectivity index is 1.19. The van der Waals surface area contributed by atoms with Gasteiger partial charge in [-0.05, 0) is 29.5 Å². The third-order valence-electron chi connectivity index (χ3n) is 6.50. The van der Waals surface area contributed by atoms with Crippen LogP contribution in [0, 0.1) is 12.3 Å². The lowest BCUT2D eigenvalue weighted by Gasteiger charge is -2.15. The van der Waals surface area contributed by atoms with Gasteiger partial charge in [-0.2, -0.15) is 0 Å². The highest BCUT2D eigenvalue weighted by atomic mass is 32.1. The van der Waals surface area contributed by atoms with E-state index in [1.807, 2.05) is 35.7 Å². The molecule has 0 aliphatic heterocycles. The Morgan fingerprint density at radius 3 is 2.71 bits per heavy atom. The maximum atomic E-state index is 12.6. The van der Waals surface area contributed by atoms with Crippen molar-refractivity contribution in [3.8, 4) is 51.1 Å². The van der Waals surface area contributed by atoms with E-state index in [4.69, 9.17) is 30.0 Å². The van der Waals surface area contributed by atoms with E-state index >= 15 is 0 Å². The molecule has 0 aliphatic carbocycles. The first kappa shape index (κ1) is 27.3. The first-order valence-electron chi connectivity index (χ1n) is 12.8. The van der Waals surface area contributed by atoms with Crippen LogP contribution >= 0.6 is 22.7 Å². The van der Waals surface area contributed by atoms with E-state index in [0.717, 1.165) is 21.7 Å². The molecule has 2 aromatic carbocycles. The number of rotatable bonds is 10. The van der Waals surface area contributed by atoms with Crippen molar-refractivity contribution in [1.29, 1.82) is 0 Å². The second kappa shape index (κ2) is 11.6. The zero-order valence-corrected chi connectivity index (χ0v) is 24.6. The molecule has 0 atom stereocenters. The van der Waals surface area contributed by atoms with Gasteiger partial charge >= 0.3 is 0 Å². The summed E-state index contributed by atoms with van der Waals surface area (Å²) in [5, 5.41) is 8.44. The van der Waals surface area contributed by atoms with Crippen LogP contribution in [0.25, 0.3) is 38.0 Å². The van der Waals surface area contributed by atoms with Gasteiger partial charge in [-0.1, -0.05) is 12.1 Å². The Bertz CT molecular complexity index is 1900. The average molecular weight is 600 g/mol. The Morgan fingerprint density at radius 1 is 1.14 bits per heavy atom. The number of carbonyl (C=O) groups is 1. The van der Waals surface area contributed by atoms with Gasteiger partial charge in [0.05, 0.1) is 31.5 Å². The lowest BCUT2D eigenvalue weighted by molar-refractivity contribution is 0.0798. The fraction of sp³-hybridized carbons (Fsp3) is 0.200. The highest BCUT2D eigenvalue weighted by Gasteiger charge is 2.18. The number of carbonyl (C=O) groups excluding carboxylic acids is 1. The fourth-order valence-electron chi connectivity index (χ4n) is 4.30. The molecule has 0 radical (unpaired) electrons. The summed E-state index contributed by atoms with van der Waals surface area (Å²) >= 11 is 2.85. The van der Waals surface area contributed by atoms with Gasteiger partial charge in [-0.25, -0.2) is 14.5 Å². The molecule has 0 saturated heterocycles. The summed E-state index contributed by atoms with van der Waals surface area (Å²) in [6.45, 7) is 0.765. The maximum Gasteiger partial charge on any atom is 0.294 e. The van der Waals surface area contributed by atoms with Gasteiger partial charge in [0.2, 0.25) is 4.96 Å². The van der Waals surface area contributed by atoms with Gasteiger partial charge in [0.1, 0.15) is 34.4 Å². The molecule has 1 amide bonds. The first-order valence-corrected chi connectivity index (χ1v) is 14.5. The molecule has 4 aromatic heterocycles. The molecule has 4 heterocycles. The Labute approximate surface area is 249 Å². The van der Waals surface area contributed by atoms with Crippen molar-refractivity contribution in [3.05, 3.63) is 65.3 Å². The molecular weight excluding hydrogens is 574 g/mol. The van der Waals surface area contributed by atoms with Crippen molar-refractivity contribution in [2.75, 3.05) is 27.8 Å². The largest absolute Gasteiger partial charge is 0.496 e. The molecular formula is C30H25N5O5S2. The number of imidazole rings is 1. The molecule has 6 rings (SSSR count). The highest BCUT2D eigenvalue weighted by Crippen LogP contribution is 2.38. The molecule has 0 N–H and O–H groups in total. The zero-order chi connectivity index (χ0) is 29.2. The molecule has 0 saturated carbocycles. The van der Waals surface area contributed by atoms with Crippen LogP contribution in [0.4, 0.5) is 0 Å². The second-order valence-electron chi connectivity index (χ2n) is 9.26. The van der Waals surface area contributed by atoms with Crippen LogP contribution in [0.2, 0.25) is 0 Å². The topological polar surface area (TPSA) is 104 Å². The standard InChI is InChI=1S/C30H25N5O5S2/c1-5-6-11-34(2)28(36)19-9-7-18(8-10-19)27-31-20(17-41-27)16-39-24-12-21(37-3)13-25-22(24)14-26(40-25)23-15-35-29(32-23)42-30(33-35)38-4/h1,7-10,12-15,17H,6,11,16H2,2-4H3. The van der Waals surface area contributed by atoms with Crippen molar-refractivity contribution in [2.45, 2.75) is 13.0 Å². The summed E-state index contributed by atoms with van der Waals surface area (Å²) in [4.78, 5) is 24.3. The van der Waals surface area contributed by atoms with E-state index in [1.54, 1.807) is 49.0 Å². The van der Waals surface area contributed by atoms with Crippen LogP contribution in [0.5, 0.6) is 16.7 Å². The molecule has 0 aliphatic rings. The van der Waals surface area contributed by atoms with Crippen LogP contribution in [-0.4, -0.2) is 58.2 Å². The predicted molar refractivity (Wildman–Crippen MR) is 161 cm³/mol. The Kier molecular flexibility index (Phi) is 7.52. The molecule has 0 spiro atoms. The number of hydrogen-bond acceptors (Lipinski definition) is 10. The Hall–Kier alpha value is -4.86. The summed E-state index contributed by atoms with van der Waals surface area (Å²) in [6, 6.07) is 12.9. The van der Waals surface area contributed by atoms with Gasteiger partial charge < -0.3 is 23.5 Å². The Morgan fingerprint density at radius 2 is 1.98 bits per heavy atom. The number of nitrogens with zero attached hydrogens (tertiary/aromatic N) is 5. The van der Waals surface area contributed by atoms with Gasteiger partial charge in [-0.15, -0.1) is 28.8 Å². The van der Waals surface area contributed by atoms with E-state index in [1.165, 1.54) is 22.7 Å². The van der Waals surface area contributed by atoms with Crippen LogP contribution in [-0.2, 0) is 6.61 Å². The van der Waals surface area contributed by atoms with Crippen LogP contribution < -0.4 is 14.2 Å². The molecule has 42 heavy (non-hydrogen) atoms. The monoisotopic (exact) mass is 599 g/mol. The van der Waals surface area contributed by atoms with E-state index in [-0.39, 0.29) is 12.5 Å². The number of terminal acetylenes is 1. The number of aromatic nitrogens is 4.